The molecule has 14 heavy (non-hydrogen) atoms. The summed E-state index contributed by atoms with van der Waals surface area (Å²) in [7, 11) is 0. The van der Waals surface area contributed by atoms with Crippen molar-refractivity contribution in [3.63, 3.8) is 0 Å². The summed E-state index contributed by atoms with van der Waals surface area (Å²) in [5, 5.41) is 8.66. The highest BCUT2D eigenvalue weighted by Crippen LogP contribution is 2.04. The van der Waals surface area contributed by atoms with Crippen LogP contribution in [0.25, 0.3) is 0 Å². The van der Waals surface area contributed by atoms with E-state index in [9.17, 15) is 4.79 Å². The molecule has 0 spiro atoms. The van der Waals surface area contributed by atoms with Gasteiger partial charge in [0.25, 0.3) is 0 Å². The van der Waals surface area contributed by atoms with Gasteiger partial charge in [-0.2, -0.15) is 0 Å². The van der Waals surface area contributed by atoms with Gasteiger partial charge in [0.15, 0.2) is 0 Å². The van der Waals surface area contributed by atoms with Gasteiger partial charge in [-0.1, -0.05) is 12.1 Å². The van der Waals surface area contributed by atoms with Crippen molar-refractivity contribution in [2.45, 2.75) is 6.92 Å². The Labute approximate surface area is 82.1 Å². The van der Waals surface area contributed by atoms with Gasteiger partial charge in [0.05, 0.1) is 5.56 Å². The Balaban J connectivity index is 2.94. The van der Waals surface area contributed by atoms with Crippen LogP contribution in [0.15, 0.2) is 29.3 Å². The Morgan fingerprint density at radius 1 is 1.36 bits per heavy atom. The molecule has 0 aromatic heterocycles. The molecular formula is C10H12N2O2. The van der Waals surface area contributed by atoms with E-state index in [4.69, 9.17) is 10.8 Å². The van der Waals surface area contributed by atoms with Gasteiger partial charge >= 0.3 is 5.97 Å². The van der Waals surface area contributed by atoms with E-state index in [2.05, 4.69) is 4.99 Å². The molecule has 0 aliphatic carbocycles. The number of hydrogen-bond acceptors (Lipinski definition) is 2. The minimum atomic E-state index is -0.942. The summed E-state index contributed by atoms with van der Waals surface area (Å²) in [5.74, 6) is -0.507. The summed E-state index contributed by atoms with van der Waals surface area (Å²) in [6.45, 7) is 2.50. The lowest BCUT2D eigenvalue weighted by atomic mass is 10.1. The van der Waals surface area contributed by atoms with Crippen LogP contribution in [0.5, 0.6) is 0 Å². The minimum absolute atomic E-state index is 0.248. The van der Waals surface area contributed by atoms with E-state index in [0.29, 0.717) is 12.4 Å². The molecule has 4 heteroatoms. The zero-order chi connectivity index (χ0) is 10.6. The van der Waals surface area contributed by atoms with Crippen LogP contribution < -0.4 is 5.73 Å². The van der Waals surface area contributed by atoms with Crippen LogP contribution in [-0.2, 0) is 0 Å². The van der Waals surface area contributed by atoms with Crippen molar-refractivity contribution in [1.29, 1.82) is 0 Å². The molecule has 0 saturated carbocycles. The van der Waals surface area contributed by atoms with Crippen molar-refractivity contribution < 1.29 is 9.90 Å². The van der Waals surface area contributed by atoms with E-state index in [1.807, 2.05) is 6.92 Å². The Morgan fingerprint density at radius 3 is 2.29 bits per heavy atom. The van der Waals surface area contributed by atoms with E-state index >= 15 is 0 Å². The smallest absolute Gasteiger partial charge is 0.335 e. The van der Waals surface area contributed by atoms with Crippen molar-refractivity contribution >= 4 is 11.8 Å². The number of carboxylic acids is 1. The largest absolute Gasteiger partial charge is 0.478 e. The molecule has 3 N–H and O–H groups in total. The van der Waals surface area contributed by atoms with Gasteiger partial charge in [0.2, 0.25) is 0 Å². The molecule has 0 aliphatic heterocycles. The molecule has 0 heterocycles. The maximum atomic E-state index is 10.5. The highest BCUT2D eigenvalue weighted by Gasteiger charge is 2.02. The Hall–Kier alpha value is -1.84. The van der Waals surface area contributed by atoms with E-state index in [0.717, 1.165) is 5.56 Å². The van der Waals surface area contributed by atoms with Gasteiger partial charge in [0, 0.05) is 12.1 Å². The number of rotatable bonds is 3. The topological polar surface area (TPSA) is 75.7 Å². The molecule has 1 aromatic carbocycles. The summed E-state index contributed by atoms with van der Waals surface area (Å²) >= 11 is 0. The SMILES string of the molecule is CCN=C(N)c1ccc(C(=O)O)cc1. The first-order chi connectivity index (χ1) is 6.65. The van der Waals surface area contributed by atoms with Crippen LogP contribution in [0.2, 0.25) is 0 Å². The zero-order valence-electron chi connectivity index (χ0n) is 7.90. The number of benzene rings is 1. The molecule has 74 valence electrons. The second-order valence-corrected chi connectivity index (χ2v) is 2.74. The van der Waals surface area contributed by atoms with Gasteiger partial charge in [-0.05, 0) is 19.1 Å². The molecular weight excluding hydrogens is 180 g/mol. The van der Waals surface area contributed by atoms with Gasteiger partial charge in [-0.15, -0.1) is 0 Å². The third-order valence-electron chi connectivity index (χ3n) is 1.76. The first-order valence-electron chi connectivity index (χ1n) is 4.28. The fourth-order valence-electron chi connectivity index (χ4n) is 1.05. The fraction of sp³-hybridized carbons (Fsp3) is 0.200. The molecule has 0 radical (unpaired) electrons. The summed E-state index contributed by atoms with van der Waals surface area (Å²) in [5.41, 5.74) is 6.63. The maximum Gasteiger partial charge on any atom is 0.335 e. The number of carboxylic acid groups (broad SMARTS) is 1. The Kier molecular flexibility index (Phi) is 3.23. The maximum absolute atomic E-state index is 10.5. The Morgan fingerprint density at radius 2 is 1.86 bits per heavy atom. The number of nitrogens with zero attached hydrogens (tertiary/aromatic N) is 1. The summed E-state index contributed by atoms with van der Waals surface area (Å²) in [6, 6.07) is 6.32. The lowest BCUT2D eigenvalue weighted by Crippen LogP contribution is -2.13. The second-order valence-electron chi connectivity index (χ2n) is 2.74. The first kappa shape index (κ1) is 10.2. The highest BCUT2D eigenvalue weighted by molar-refractivity contribution is 5.98. The number of amidine groups is 1. The highest BCUT2D eigenvalue weighted by atomic mass is 16.4. The van der Waals surface area contributed by atoms with Crippen molar-refractivity contribution in [2.24, 2.45) is 10.7 Å². The third kappa shape index (κ3) is 2.32. The lowest BCUT2D eigenvalue weighted by molar-refractivity contribution is 0.0697. The zero-order valence-corrected chi connectivity index (χ0v) is 7.90. The molecule has 0 atom stereocenters. The molecule has 1 aromatic rings. The van der Waals surface area contributed by atoms with Gasteiger partial charge in [-0.3, -0.25) is 4.99 Å². The van der Waals surface area contributed by atoms with Gasteiger partial charge < -0.3 is 10.8 Å². The number of aromatic carboxylic acids is 1. The molecule has 4 nitrogen and oxygen atoms in total. The molecule has 1 rings (SSSR count). The normalized spacial score (nSPS) is 11.4. The lowest BCUT2D eigenvalue weighted by Gasteiger charge is -2.00. The average molecular weight is 192 g/mol. The molecule has 0 saturated heterocycles. The monoisotopic (exact) mass is 192 g/mol. The predicted octanol–water partition coefficient (Wildman–Crippen LogP) is 1.11. The Bertz CT molecular complexity index is 355. The van der Waals surface area contributed by atoms with Crippen molar-refractivity contribution in [3.05, 3.63) is 35.4 Å². The quantitative estimate of drug-likeness (QED) is 0.556. The first-order valence-corrected chi connectivity index (χ1v) is 4.28. The third-order valence-corrected chi connectivity index (χ3v) is 1.76. The summed E-state index contributed by atoms with van der Waals surface area (Å²) < 4.78 is 0. The van der Waals surface area contributed by atoms with Crippen LogP contribution >= 0.6 is 0 Å². The van der Waals surface area contributed by atoms with Gasteiger partial charge in [-0.25, -0.2) is 4.79 Å². The minimum Gasteiger partial charge on any atom is -0.478 e. The van der Waals surface area contributed by atoms with Crippen LogP contribution in [-0.4, -0.2) is 23.5 Å². The fourth-order valence-corrected chi connectivity index (χ4v) is 1.05. The number of aliphatic imine (C=N–C) groups is 1. The molecule has 0 fully saturated rings. The number of hydrogen-bond donors (Lipinski definition) is 2. The summed E-state index contributed by atoms with van der Waals surface area (Å²) in [6.07, 6.45) is 0. The molecule has 0 bridgehead atoms. The van der Waals surface area contributed by atoms with Crippen molar-refractivity contribution in [2.75, 3.05) is 6.54 Å². The standard InChI is InChI=1S/C10H12N2O2/c1-2-12-9(11)7-3-5-8(6-4-7)10(13)14/h3-6H,2H2,1H3,(H2,11,12)(H,13,14). The predicted molar refractivity (Wildman–Crippen MR) is 54.7 cm³/mol. The van der Waals surface area contributed by atoms with Crippen LogP contribution in [0.1, 0.15) is 22.8 Å². The van der Waals surface area contributed by atoms with E-state index < -0.39 is 5.97 Å². The number of carbonyl (C=O) groups is 1. The molecule has 0 unspecified atom stereocenters. The van der Waals surface area contributed by atoms with Crippen LogP contribution in [0.3, 0.4) is 0 Å². The van der Waals surface area contributed by atoms with Crippen LogP contribution in [0.4, 0.5) is 0 Å². The van der Waals surface area contributed by atoms with Crippen molar-refractivity contribution in [3.8, 4) is 0 Å². The second kappa shape index (κ2) is 4.41. The van der Waals surface area contributed by atoms with E-state index in [1.165, 1.54) is 12.1 Å². The van der Waals surface area contributed by atoms with E-state index in [1.54, 1.807) is 12.1 Å². The average Bonchev–Trinajstić information content (AvgIpc) is 2.18. The summed E-state index contributed by atoms with van der Waals surface area (Å²) in [4.78, 5) is 14.6. The molecule has 0 aliphatic rings. The number of nitrogens with two attached hydrogens (primary N) is 1. The molecule has 0 amide bonds. The van der Waals surface area contributed by atoms with E-state index in [-0.39, 0.29) is 5.56 Å². The van der Waals surface area contributed by atoms with Crippen LogP contribution in [0, 0.1) is 0 Å². The van der Waals surface area contributed by atoms with Crippen molar-refractivity contribution in [1.82, 2.24) is 0 Å². The van der Waals surface area contributed by atoms with Gasteiger partial charge in [0.1, 0.15) is 5.84 Å².